The highest BCUT2D eigenvalue weighted by atomic mass is 35.5. The molecule has 6 heteroatoms. The van der Waals surface area contributed by atoms with E-state index in [4.69, 9.17) is 0 Å². The summed E-state index contributed by atoms with van der Waals surface area (Å²) in [7, 11) is 0. The molecule has 1 aromatic heterocycles. The van der Waals surface area contributed by atoms with Crippen LogP contribution in [-0.4, -0.2) is 36.2 Å². The molecule has 0 radical (unpaired) electrons. The standard InChI is InChI=1S/C16H20FN3O.ClH/c1-9-3-4-14-13(5-9)10(2)15(20-14)16(21)19-8-12-6-11(17)7-18-12;/h3-5,11-12,18,20H,6-8H2,1-2H3,(H,19,21);1H/t11-,12-;/m0./s1. The van der Waals surface area contributed by atoms with E-state index in [1.165, 1.54) is 5.56 Å². The minimum absolute atomic E-state index is 0. The molecule has 0 saturated carbocycles. The Morgan fingerprint density at radius 2 is 2.18 bits per heavy atom. The van der Waals surface area contributed by atoms with E-state index in [-0.39, 0.29) is 24.4 Å². The molecule has 0 spiro atoms. The number of hydrogen-bond donors (Lipinski definition) is 3. The van der Waals surface area contributed by atoms with Crippen molar-refractivity contribution in [3.63, 3.8) is 0 Å². The van der Waals surface area contributed by atoms with Crippen LogP contribution in [0.4, 0.5) is 4.39 Å². The molecule has 1 aromatic carbocycles. The maximum atomic E-state index is 13.1. The minimum Gasteiger partial charge on any atom is -0.350 e. The summed E-state index contributed by atoms with van der Waals surface area (Å²) in [5, 5.41) is 7.01. The number of nitrogens with one attached hydrogen (secondary N) is 3. The number of aromatic nitrogens is 1. The molecular formula is C16H21ClFN3O. The molecule has 120 valence electrons. The van der Waals surface area contributed by atoms with E-state index in [2.05, 4.69) is 21.7 Å². The zero-order valence-electron chi connectivity index (χ0n) is 12.7. The molecule has 2 aromatic rings. The summed E-state index contributed by atoms with van der Waals surface area (Å²) in [6, 6.07) is 6.10. The average molecular weight is 326 g/mol. The van der Waals surface area contributed by atoms with Crippen molar-refractivity contribution in [2.24, 2.45) is 0 Å². The van der Waals surface area contributed by atoms with E-state index < -0.39 is 6.17 Å². The van der Waals surface area contributed by atoms with Gasteiger partial charge in [0.25, 0.3) is 5.91 Å². The Morgan fingerprint density at radius 1 is 1.41 bits per heavy atom. The van der Waals surface area contributed by atoms with Gasteiger partial charge in [-0.05, 0) is 38.0 Å². The number of hydrogen-bond acceptors (Lipinski definition) is 2. The highest BCUT2D eigenvalue weighted by molar-refractivity contribution is 6.01. The van der Waals surface area contributed by atoms with Crippen LogP contribution in [0.2, 0.25) is 0 Å². The predicted octanol–water partition coefficient (Wildman–Crippen LogP) is 2.64. The van der Waals surface area contributed by atoms with Crippen LogP contribution in [0.1, 0.15) is 28.0 Å². The first-order valence-corrected chi connectivity index (χ1v) is 7.29. The molecule has 1 amide bonds. The van der Waals surface area contributed by atoms with E-state index in [0.717, 1.165) is 16.5 Å². The van der Waals surface area contributed by atoms with Crippen LogP contribution in [-0.2, 0) is 0 Å². The number of aromatic amines is 1. The number of halogens is 2. The van der Waals surface area contributed by atoms with Crippen molar-refractivity contribution in [3.8, 4) is 0 Å². The van der Waals surface area contributed by atoms with Crippen LogP contribution < -0.4 is 10.6 Å². The summed E-state index contributed by atoms with van der Waals surface area (Å²) in [6.45, 7) is 4.81. The third-order valence-corrected chi connectivity index (χ3v) is 4.12. The van der Waals surface area contributed by atoms with Crippen LogP contribution in [0.3, 0.4) is 0 Å². The zero-order valence-corrected chi connectivity index (χ0v) is 13.5. The second-order valence-electron chi connectivity index (χ2n) is 5.82. The van der Waals surface area contributed by atoms with Gasteiger partial charge in [-0.15, -0.1) is 12.4 Å². The summed E-state index contributed by atoms with van der Waals surface area (Å²) in [5.41, 5.74) is 3.67. The lowest BCUT2D eigenvalue weighted by Gasteiger charge is -2.11. The number of carbonyl (C=O) groups excluding carboxylic acids is 1. The van der Waals surface area contributed by atoms with Crippen molar-refractivity contribution in [1.29, 1.82) is 0 Å². The van der Waals surface area contributed by atoms with Crippen molar-refractivity contribution in [3.05, 3.63) is 35.0 Å². The molecule has 1 saturated heterocycles. The molecular weight excluding hydrogens is 305 g/mol. The highest BCUT2D eigenvalue weighted by Gasteiger charge is 2.24. The van der Waals surface area contributed by atoms with E-state index in [9.17, 15) is 9.18 Å². The third kappa shape index (κ3) is 3.25. The SMILES string of the molecule is Cc1ccc2[nH]c(C(=O)NC[C@@H]3C[C@H](F)CN3)c(C)c2c1.Cl. The van der Waals surface area contributed by atoms with Crippen molar-refractivity contribution < 1.29 is 9.18 Å². The van der Waals surface area contributed by atoms with Gasteiger partial charge in [0, 0.05) is 30.0 Å². The number of alkyl halides is 1. The maximum absolute atomic E-state index is 13.1. The quantitative estimate of drug-likeness (QED) is 0.812. The summed E-state index contributed by atoms with van der Waals surface area (Å²) < 4.78 is 13.1. The van der Waals surface area contributed by atoms with Crippen molar-refractivity contribution in [1.82, 2.24) is 15.6 Å². The van der Waals surface area contributed by atoms with Crippen molar-refractivity contribution >= 4 is 29.2 Å². The summed E-state index contributed by atoms with van der Waals surface area (Å²) in [6.07, 6.45) is -0.338. The zero-order chi connectivity index (χ0) is 15.0. The van der Waals surface area contributed by atoms with Gasteiger partial charge in [-0.3, -0.25) is 4.79 Å². The first-order valence-electron chi connectivity index (χ1n) is 7.29. The second kappa shape index (κ2) is 6.67. The predicted molar refractivity (Wildman–Crippen MR) is 88.7 cm³/mol. The van der Waals surface area contributed by atoms with Crippen molar-refractivity contribution in [2.45, 2.75) is 32.5 Å². The highest BCUT2D eigenvalue weighted by Crippen LogP contribution is 2.22. The third-order valence-electron chi connectivity index (χ3n) is 4.12. The first kappa shape index (κ1) is 16.8. The molecule has 1 aliphatic rings. The molecule has 0 bridgehead atoms. The molecule has 1 fully saturated rings. The molecule has 1 aliphatic heterocycles. The summed E-state index contributed by atoms with van der Waals surface area (Å²) >= 11 is 0. The second-order valence-corrected chi connectivity index (χ2v) is 5.82. The lowest BCUT2D eigenvalue weighted by Crippen LogP contribution is -2.37. The molecule has 22 heavy (non-hydrogen) atoms. The molecule has 2 atom stereocenters. The van der Waals surface area contributed by atoms with Gasteiger partial charge < -0.3 is 15.6 Å². The topological polar surface area (TPSA) is 56.9 Å². The van der Waals surface area contributed by atoms with Crippen LogP contribution in [0.25, 0.3) is 10.9 Å². The van der Waals surface area contributed by atoms with Crippen molar-refractivity contribution in [2.75, 3.05) is 13.1 Å². The molecule has 0 unspecified atom stereocenters. The Kier molecular flexibility index (Phi) is 5.08. The van der Waals surface area contributed by atoms with Gasteiger partial charge in [0.1, 0.15) is 11.9 Å². The molecule has 3 rings (SSSR count). The number of amides is 1. The van der Waals surface area contributed by atoms with Crippen LogP contribution >= 0.6 is 12.4 Å². The number of rotatable bonds is 3. The number of benzene rings is 1. The maximum Gasteiger partial charge on any atom is 0.268 e. The summed E-state index contributed by atoms with van der Waals surface area (Å²) in [4.78, 5) is 15.5. The van der Waals surface area contributed by atoms with Crippen LogP contribution in [0.5, 0.6) is 0 Å². The van der Waals surface area contributed by atoms with Gasteiger partial charge in [-0.2, -0.15) is 0 Å². The molecule has 3 N–H and O–H groups in total. The average Bonchev–Trinajstić information content (AvgIpc) is 3.01. The Balaban J connectivity index is 0.00000176. The van der Waals surface area contributed by atoms with E-state index in [1.807, 2.05) is 26.0 Å². The van der Waals surface area contributed by atoms with E-state index in [1.54, 1.807) is 0 Å². The van der Waals surface area contributed by atoms with Gasteiger partial charge in [0.2, 0.25) is 0 Å². The van der Waals surface area contributed by atoms with E-state index >= 15 is 0 Å². The fraction of sp³-hybridized carbons (Fsp3) is 0.438. The van der Waals surface area contributed by atoms with Gasteiger partial charge in [-0.25, -0.2) is 4.39 Å². The van der Waals surface area contributed by atoms with E-state index in [0.29, 0.717) is 25.2 Å². The fourth-order valence-electron chi connectivity index (χ4n) is 2.90. The molecule has 4 nitrogen and oxygen atoms in total. The van der Waals surface area contributed by atoms with Gasteiger partial charge in [0.05, 0.1) is 0 Å². The number of H-pyrrole nitrogens is 1. The van der Waals surface area contributed by atoms with Gasteiger partial charge in [0.15, 0.2) is 0 Å². The number of carbonyl (C=O) groups is 1. The lowest BCUT2D eigenvalue weighted by atomic mass is 10.1. The molecule has 2 heterocycles. The Bertz CT molecular complexity index is 685. The van der Waals surface area contributed by atoms with Gasteiger partial charge in [-0.1, -0.05) is 11.6 Å². The summed E-state index contributed by atoms with van der Waals surface area (Å²) in [5.74, 6) is -0.134. The fourth-order valence-corrected chi connectivity index (χ4v) is 2.90. The number of aryl methyl sites for hydroxylation is 2. The smallest absolute Gasteiger partial charge is 0.268 e. The number of fused-ring (bicyclic) bond motifs is 1. The monoisotopic (exact) mass is 325 g/mol. The van der Waals surface area contributed by atoms with Crippen LogP contribution in [0.15, 0.2) is 18.2 Å². The Morgan fingerprint density at radius 3 is 2.86 bits per heavy atom. The normalized spacial score (nSPS) is 20.9. The van der Waals surface area contributed by atoms with Crippen LogP contribution in [0, 0.1) is 13.8 Å². The van der Waals surface area contributed by atoms with Gasteiger partial charge >= 0.3 is 0 Å². The minimum atomic E-state index is -0.801. The Hall–Kier alpha value is -1.59. The first-order chi connectivity index (χ1) is 10.0. The lowest BCUT2D eigenvalue weighted by molar-refractivity contribution is 0.0945. The largest absolute Gasteiger partial charge is 0.350 e. The Labute approximate surface area is 135 Å². The molecule has 0 aliphatic carbocycles.